The predicted molar refractivity (Wildman–Crippen MR) is 91.3 cm³/mol. The average Bonchev–Trinajstić information content (AvgIpc) is 2.47. The topological polar surface area (TPSA) is 9.23 Å². The molecule has 0 aliphatic heterocycles. The van der Waals surface area contributed by atoms with Crippen molar-refractivity contribution in [3.63, 3.8) is 0 Å². The van der Waals surface area contributed by atoms with Crippen LogP contribution >= 0.6 is 0 Å². The number of unbranched alkanes of at least 4 members (excludes halogenated alkanes) is 12. The standard InChI is InChI=1S/C19H38O/c1-3-4-5-6-7-8-9-10-11-12-13-14-15-16-17-18-19-20-2/h10-11H,3-9,12-19H2,1-2H3. The van der Waals surface area contributed by atoms with E-state index in [1.54, 1.807) is 7.11 Å². The van der Waals surface area contributed by atoms with E-state index in [4.69, 9.17) is 4.74 Å². The Balaban J connectivity index is 3.01. The summed E-state index contributed by atoms with van der Waals surface area (Å²) in [6.07, 6.45) is 23.9. The maximum Gasteiger partial charge on any atom is 0.0462 e. The van der Waals surface area contributed by atoms with Crippen LogP contribution in [0.2, 0.25) is 0 Å². The first kappa shape index (κ1) is 19.7. The minimum atomic E-state index is 0.932. The molecule has 0 aromatic rings. The van der Waals surface area contributed by atoms with Gasteiger partial charge in [-0.3, -0.25) is 0 Å². The minimum Gasteiger partial charge on any atom is -0.385 e. The molecule has 0 fully saturated rings. The lowest BCUT2D eigenvalue weighted by molar-refractivity contribution is 0.192. The Kier molecular flexibility index (Phi) is 18.4. The number of allylic oxidation sites excluding steroid dienone is 2. The van der Waals surface area contributed by atoms with Crippen molar-refractivity contribution in [2.24, 2.45) is 0 Å². The summed E-state index contributed by atoms with van der Waals surface area (Å²) in [7, 11) is 1.79. The SMILES string of the molecule is CCCCCCCCC=CCCCCCCCCOC. The number of rotatable bonds is 16. The van der Waals surface area contributed by atoms with Crippen LogP contribution in [0, 0.1) is 0 Å². The molecule has 0 spiro atoms. The molecule has 20 heavy (non-hydrogen) atoms. The minimum absolute atomic E-state index is 0.932. The summed E-state index contributed by atoms with van der Waals surface area (Å²) in [5.74, 6) is 0. The van der Waals surface area contributed by atoms with Crippen LogP contribution in [-0.4, -0.2) is 13.7 Å². The molecule has 0 heterocycles. The largest absolute Gasteiger partial charge is 0.385 e. The van der Waals surface area contributed by atoms with Gasteiger partial charge in [0.1, 0.15) is 0 Å². The van der Waals surface area contributed by atoms with Crippen LogP contribution in [0.1, 0.15) is 96.8 Å². The zero-order chi connectivity index (χ0) is 14.7. The van der Waals surface area contributed by atoms with E-state index in [1.165, 1.54) is 89.9 Å². The van der Waals surface area contributed by atoms with Crippen molar-refractivity contribution < 1.29 is 4.74 Å². The Labute approximate surface area is 128 Å². The number of ether oxygens (including phenoxy) is 1. The van der Waals surface area contributed by atoms with Gasteiger partial charge in [-0.15, -0.1) is 0 Å². The molecular formula is C19H38O. The Morgan fingerprint density at radius 2 is 1.05 bits per heavy atom. The van der Waals surface area contributed by atoms with E-state index < -0.39 is 0 Å². The smallest absolute Gasteiger partial charge is 0.0462 e. The van der Waals surface area contributed by atoms with Gasteiger partial charge in [-0.25, -0.2) is 0 Å². The van der Waals surface area contributed by atoms with Crippen LogP contribution in [0.15, 0.2) is 12.2 Å². The Morgan fingerprint density at radius 1 is 0.600 bits per heavy atom. The average molecular weight is 283 g/mol. The monoisotopic (exact) mass is 282 g/mol. The van der Waals surface area contributed by atoms with Crippen LogP contribution in [0.3, 0.4) is 0 Å². The van der Waals surface area contributed by atoms with Crippen LogP contribution in [-0.2, 0) is 4.74 Å². The number of methoxy groups -OCH3 is 1. The van der Waals surface area contributed by atoms with E-state index in [0.29, 0.717) is 0 Å². The second kappa shape index (κ2) is 18.7. The molecule has 0 bridgehead atoms. The van der Waals surface area contributed by atoms with Gasteiger partial charge in [0.15, 0.2) is 0 Å². The molecular weight excluding hydrogens is 244 g/mol. The summed E-state index contributed by atoms with van der Waals surface area (Å²) in [4.78, 5) is 0. The molecule has 0 saturated heterocycles. The van der Waals surface area contributed by atoms with Crippen molar-refractivity contribution >= 4 is 0 Å². The lowest BCUT2D eigenvalue weighted by atomic mass is 10.1. The Bertz CT molecular complexity index is 186. The Hall–Kier alpha value is -0.300. The number of hydrogen-bond acceptors (Lipinski definition) is 1. The summed E-state index contributed by atoms with van der Waals surface area (Å²) in [5, 5.41) is 0. The van der Waals surface area contributed by atoms with Crippen molar-refractivity contribution in [1.29, 1.82) is 0 Å². The zero-order valence-corrected chi connectivity index (χ0v) is 14.2. The predicted octanol–water partition coefficient (Wildman–Crippen LogP) is 6.67. The molecule has 0 aliphatic rings. The molecule has 0 amide bonds. The summed E-state index contributed by atoms with van der Waals surface area (Å²) >= 11 is 0. The second-order valence-electron chi connectivity index (χ2n) is 5.93. The van der Waals surface area contributed by atoms with Crippen molar-refractivity contribution in [3.05, 3.63) is 12.2 Å². The molecule has 0 rings (SSSR count). The van der Waals surface area contributed by atoms with Crippen LogP contribution < -0.4 is 0 Å². The molecule has 0 aliphatic carbocycles. The van der Waals surface area contributed by atoms with Gasteiger partial charge in [0, 0.05) is 13.7 Å². The van der Waals surface area contributed by atoms with Gasteiger partial charge in [-0.2, -0.15) is 0 Å². The van der Waals surface area contributed by atoms with Crippen molar-refractivity contribution in [2.75, 3.05) is 13.7 Å². The van der Waals surface area contributed by atoms with E-state index in [9.17, 15) is 0 Å². The van der Waals surface area contributed by atoms with E-state index in [0.717, 1.165) is 6.61 Å². The molecule has 0 aromatic carbocycles. The fraction of sp³-hybridized carbons (Fsp3) is 0.895. The van der Waals surface area contributed by atoms with Crippen molar-refractivity contribution in [2.45, 2.75) is 96.8 Å². The van der Waals surface area contributed by atoms with Gasteiger partial charge in [0.2, 0.25) is 0 Å². The van der Waals surface area contributed by atoms with Gasteiger partial charge >= 0.3 is 0 Å². The van der Waals surface area contributed by atoms with Gasteiger partial charge in [0.05, 0.1) is 0 Å². The summed E-state index contributed by atoms with van der Waals surface area (Å²) in [5.41, 5.74) is 0. The van der Waals surface area contributed by atoms with Crippen molar-refractivity contribution in [1.82, 2.24) is 0 Å². The third kappa shape index (κ3) is 17.7. The summed E-state index contributed by atoms with van der Waals surface area (Å²) < 4.78 is 5.05. The zero-order valence-electron chi connectivity index (χ0n) is 14.2. The van der Waals surface area contributed by atoms with Gasteiger partial charge in [-0.1, -0.05) is 76.9 Å². The third-order valence-electron chi connectivity index (χ3n) is 3.86. The maximum atomic E-state index is 5.05. The van der Waals surface area contributed by atoms with Gasteiger partial charge < -0.3 is 4.74 Å². The molecule has 1 nitrogen and oxygen atoms in total. The quantitative estimate of drug-likeness (QED) is 0.227. The van der Waals surface area contributed by atoms with Crippen LogP contribution in [0.25, 0.3) is 0 Å². The first-order valence-corrected chi connectivity index (χ1v) is 9.05. The van der Waals surface area contributed by atoms with E-state index >= 15 is 0 Å². The second-order valence-corrected chi connectivity index (χ2v) is 5.93. The Morgan fingerprint density at radius 3 is 1.55 bits per heavy atom. The van der Waals surface area contributed by atoms with Crippen LogP contribution in [0.4, 0.5) is 0 Å². The lowest BCUT2D eigenvalue weighted by Gasteiger charge is -2.00. The molecule has 0 saturated carbocycles. The third-order valence-corrected chi connectivity index (χ3v) is 3.86. The van der Waals surface area contributed by atoms with E-state index in [1.807, 2.05) is 0 Å². The highest BCUT2D eigenvalue weighted by Gasteiger charge is 1.91. The first-order valence-electron chi connectivity index (χ1n) is 9.05. The molecule has 0 aromatic heterocycles. The molecule has 0 unspecified atom stereocenters. The highest BCUT2D eigenvalue weighted by atomic mass is 16.5. The maximum absolute atomic E-state index is 5.05. The first-order chi connectivity index (χ1) is 9.91. The normalized spacial score (nSPS) is 11.5. The van der Waals surface area contributed by atoms with Gasteiger partial charge in [-0.05, 0) is 32.1 Å². The van der Waals surface area contributed by atoms with Gasteiger partial charge in [0.25, 0.3) is 0 Å². The highest BCUT2D eigenvalue weighted by Crippen LogP contribution is 2.09. The number of hydrogen-bond donors (Lipinski definition) is 0. The molecule has 0 radical (unpaired) electrons. The molecule has 0 atom stereocenters. The van der Waals surface area contributed by atoms with Crippen LogP contribution in [0.5, 0.6) is 0 Å². The highest BCUT2D eigenvalue weighted by molar-refractivity contribution is 4.81. The van der Waals surface area contributed by atoms with E-state index in [-0.39, 0.29) is 0 Å². The fourth-order valence-corrected chi connectivity index (χ4v) is 2.49. The lowest BCUT2D eigenvalue weighted by Crippen LogP contribution is -1.88. The molecule has 0 N–H and O–H groups in total. The molecule has 120 valence electrons. The summed E-state index contributed by atoms with van der Waals surface area (Å²) in [6.45, 7) is 3.21. The van der Waals surface area contributed by atoms with Crippen molar-refractivity contribution in [3.8, 4) is 0 Å². The summed E-state index contributed by atoms with van der Waals surface area (Å²) in [6, 6.07) is 0. The fourth-order valence-electron chi connectivity index (χ4n) is 2.49. The molecule has 1 heteroatoms. The van der Waals surface area contributed by atoms with E-state index in [2.05, 4.69) is 19.1 Å².